The lowest BCUT2D eigenvalue weighted by Gasteiger charge is -2.29. The van der Waals surface area contributed by atoms with Gasteiger partial charge in [0.25, 0.3) is 0 Å². The van der Waals surface area contributed by atoms with Gasteiger partial charge < -0.3 is 10.2 Å². The Bertz CT molecular complexity index is 161. The zero-order valence-corrected chi connectivity index (χ0v) is 7.35. The molecular formula is C9H16N2. The zero-order chi connectivity index (χ0) is 8.32. The molecule has 11 heavy (non-hydrogen) atoms. The van der Waals surface area contributed by atoms with Gasteiger partial charge in [0.05, 0.1) is 6.54 Å². The first-order chi connectivity index (χ1) is 5.21. The zero-order valence-electron chi connectivity index (χ0n) is 7.35. The fourth-order valence-corrected chi connectivity index (χ4v) is 1.63. The number of hydrogen-bond donors (Lipinski definition) is 1. The highest BCUT2D eigenvalue weighted by molar-refractivity contribution is 5.04. The molecule has 0 aromatic rings. The molecule has 1 unspecified atom stereocenters. The Labute approximate surface area is 68.8 Å². The highest BCUT2D eigenvalue weighted by atomic mass is 15.0. The SMILES string of the molecule is [C-]#[N+]C1(C(C)C)CCCNC1. The highest BCUT2D eigenvalue weighted by Crippen LogP contribution is 2.28. The lowest BCUT2D eigenvalue weighted by atomic mass is 9.81. The van der Waals surface area contributed by atoms with E-state index in [2.05, 4.69) is 24.0 Å². The first-order valence-electron chi connectivity index (χ1n) is 4.30. The average molecular weight is 152 g/mol. The largest absolute Gasteiger partial charge is 0.309 e. The van der Waals surface area contributed by atoms with Gasteiger partial charge in [0.15, 0.2) is 0 Å². The van der Waals surface area contributed by atoms with Crippen LogP contribution in [0.4, 0.5) is 0 Å². The number of piperidine rings is 1. The van der Waals surface area contributed by atoms with Gasteiger partial charge in [-0.3, -0.25) is 0 Å². The van der Waals surface area contributed by atoms with Crippen LogP contribution in [0.2, 0.25) is 0 Å². The van der Waals surface area contributed by atoms with E-state index in [1.54, 1.807) is 0 Å². The lowest BCUT2D eigenvalue weighted by Crippen LogP contribution is -2.46. The second-order valence-corrected chi connectivity index (χ2v) is 3.65. The maximum absolute atomic E-state index is 7.16. The molecule has 1 fully saturated rings. The van der Waals surface area contributed by atoms with Crippen molar-refractivity contribution in [3.05, 3.63) is 11.4 Å². The van der Waals surface area contributed by atoms with E-state index >= 15 is 0 Å². The van der Waals surface area contributed by atoms with E-state index in [-0.39, 0.29) is 5.54 Å². The molecule has 0 aromatic carbocycles. The van der Waals surface area contributed by atoms with Gasteiger partial charge in [0, 0.05) is 12.3 Å². The molecule has 0 radical (unpaired) electrons. The monoisotopic (exact) mass is 152 g/mol. The molecule has 1 N–H and O–H groups in total. The molecular weight excluding hydrogens is 136 g/mol. The molecule has 1 aliphatic heterocycles. The molecule has 0 saturated carbocycles. The molecule has 1 aliphatic rings. The Balaban J connectivity index is 2.67. The van der Waals surface area contributed by atoms with Gasteiger partial charge >= 0.3 is 0 Å². The van der Waals surface area contributed by atoms with Gasteiger partial charge in [-0.2, -0.15) is 0 Å². The Morgan fingerprint density at radius 1 is 1.55 bits per heavy atom. The van der Waals surface area contributed by atoms with Crippen molar-refractivity contribution >= 4 is 0 Å². The first-order valence-corrected chi connectivity index (χ1v) is 4.30. The fraction of sp³-hybridized carbons (Fsp3) is 0.889. The summed E-state index contributed by atoms with van der Waals surface area (Å²) in [5.74, 6) is 0.479. The van der Waals surface area contributed by atoms with E-state index in [9.17, 15) is 0 Å². The fourth-order valence-electron chi connectivity index (χ4n) is 1.63. The molecule has 1 rings (SSSR count). The number of hydrogen-bond acceptors (Lipinski definition) is 1. The van der Waals surface area contributed by atoms with Crippen LogP contribution in [0, 0.1) is 12.5 Å². The van der Waals surface area contributed by atoms with Crippen LogP contribution in [0.5, 0.6) is 0 Å². The number of nitrogens with one attached hydrogen (secondary N) is 1. The van der Waals surface area contributed by atoms with Crippen LogP contribution in [0.15, 0.2) is 0 Å². The molecule has 0 bridgehead atoms. The van der Waals surface area contributed by atoms with Crippen LogP contribution in [-0.4, -0.2) is 18.6 Å². The molecule has 0 aliphatic carbocycles. The Hall–Kier alpha value is -0.550. The second kappa shape index (κ2) is 3.23. The third kappa shape index (κ3) is 1.54. The third-order valence-corrected chi connectivity index (χ3v) is 2.69. The van der Waals surface area contributed by atoms with Gasteiger partial charge in [0.1, 0.15) is 0 Å². The predicted octanol–water partition coefficient (Wildman–Crippen LogP) is 1.68. The van der Waals surface area contributed by atoms with Crippen LogP contribution < -0.4 is 5.32 Å². The third-order valence-electron chi connectivity index (χ3n) is 2.69. The summed E-state index contributed by atoms with van der Waals surface area (Å²) < 4.78 is 0. The maximum atomic E-state index is 7.16. The van der Waals surface area contributed by atoms with Crippen LogP contribution in [0.3, 0.4) is 0 Å². The summed E-state index contributed by atoms with van der Waals surface area (Å²) >= 11 is 0. The van der Waals surface area contributed by atoms with Crippen molar-refractivity contribution in [1.82, 2.24) is 5.32 Å². The number of rotatable bonds is 1. The molecule has 2 heteroatoms. The van der Waals surface area contributed by atoms with Crippen molar-refractivity contribution in [3.63, 3.8) is 0 Å². The van der Waals surface area contributed by atoms with Gasteiger partial charge in [-0.25, -0.2) is 6.57 Å². The van der Waals surface area contributed by atoms with Gasteiger partial charge in [0.2, 0.25) is 5.54 Å². The average Bonchev–Trinajstić information content (AvgIpc) is 2.05. The molecule has 0 amide bonds. The summed E-state index contributed by atoms with van der Waals surface area (Å²) in [6.45, 7) is 13.4. The molecule has 0 aromatic heterocycles. The Morgan fingerprint density at radius 2 is 2.27 bits per heavy atom. The molecule has 0 spiro atoms. The summed E-state index contributed by atoms with van der Waals surface area (Å²) in [5.41, 5.74) is -0.0990. The molecule has 62 valence electrons. The summed E-state index contributed by atoms with van der Waals surface area (Å²) in [6, 6.07) is 0. The minimum atomic E-state index is -0.0990. The van der Waals surface area contributed by atoms with E-state index in [0.717, 1.165) is 25.9 Å². The maximum Gasteiger partial charge on any atom is 0.247 e. The van der Waals surface area contributed by atoms with Crippen molar-refractivity contribution in [2.45, 2.75) is 32.2 Å². The quantitative estimate of drug-likeness (QED) is 0.565. The molecule has 1 heterocycles. The second-order valence-electron chi connectivity index (χ2n) is 3.65. The Kier molecular flexibility index (Phi) is 2.51. The van der Waals surface area contributed by atoms with Crippen LogP contribution in [-0.2, 0) is 0 Å². The van der Waals surface area contributed by atoms with E-state index < -0.39 is 0 Å². The normalized spacial score (nSPS) is 31.8. The van der Waals surface area contributed by atoms with E-state index in [4.69, 9.17) is 6.57 Å². The van der Waals surface area contributed by atoms with E-state index in [1.807, 2.05) is 0 Å². The van der Waals surface area contributed by atoms with Gasteiger partial charge in [-0.15, -0.1) is 0 Å². The molecule has 2 nitrogen and oxygen atoms in total. The standard InChI is InChI=1S/C9H16N2/c1-8(2)9(10-3)5-4-6-11-7-9/h8,11H,4-7H2,1-2H3. The minimum absolute atomic E-state index is 0.0990. The first kappa shape index (κ1) is 8.55. The number of nitrogens with zero attached hydrogens (tertiary/aromatic N) is 1. The van der Waals surface area contributed by atoms with Gasteiger partial charge in [-0.1, -0.05) is 13.8 Å². The van der Waals surface area contributed by atoms with Crippen molar-refractivity contribution in [2.75, 3.05) is 13.1 Å². The van der Waals surface area contributed by atoms with Gasteiger partial charge in [-0.05, 0) is 13.0 Å². The van der Waals surface area contributed by atoms with Crippen molar-refractivity contribution < 1.29 is 0 Å². The van der Waals surface area contributed by atoms with Crippen molar-refractivity contribution in [3.8, 4) is 0 Å². The van der Waals surface area contributed by atoms with Crippen molar-refractivity contribution in [2.24, 2.45) is 5.92 Å². The minimum Gasteiger partial charge on any atom is -0.309 e. The topological polar surface area (TPSA) is 16.4 Å². The lowest BCUT2D eigenvalue weighted by molar-refractivity contribution is 0.285. The molecule has 1 atom stereocenters. The van der Waals surface area contributed by atoms with Crippen LogP contribution in [0.25, 0.3) is 4.85 Å². The molecule has 1 saturated heterocycles. The Morgan fingerprint density at radius 3 is 2.55 bits per heavy atom. The predicted molar refractivity (Wildman–Crippen MR) is 46.3 cm³/mol. The smallest absolute Gasteiger partial charge is 0.247 e. The summed E-state index contributed by atoms with van der Waals surface area (Å²) in [6.07, 6.45) is 2.22. The van der Waals surface area contributed by atoms with Crippen LogP contribution in [0.1, 0.15) is 26.7 Å². The summed E-state index contributed by atoms with van der Waals surface area (Å²) in [5, 5.41) is 3.29. The summed E-state index contributed by atoms with van der Waals surface area (Å²) in [7, 11) is 0. The van der Waals surface area contributed by atoms with Crippen molar-refractivity contribution in [1.29, 1.82) is 0 Å². The summed E-state index contributed by atoms with van der Waals surface area (Å²) in [4.78, 5) is 3.77. The van der Waals surface area contributed by atoms with E-state index in [0.29, 0.717) is 5.92 Å². The van der Waals surface area contributed by atoms with E-state index in [1.165, 1.54) is 0 Å². The van der Waals surface area contributed by atoms with Crippen LogP contribution >= 0.6 is 0 Å². The highest BCUT2D eigenvalue weighted by Gasteiger charge is 2.41.